The molecule has 0 bridgehead atoms. The molecule has 0 aliphatic carbocycles. The number of carbonyl (C=O) groups excluding carboxylic acids is 2. The normalized spacial score (nSPS) is 20.9. The van der Waals surface area contributed by atoms with Gasteiger partial charge in [0.15, 0.2) is 5.82 Å². The van der Waals surface area contributed by atoms with E-state index in [1.165, 1.54) is 0 Å². The number of imidazole rings is 1. The van der Waals surface area contributed by atoms with Crippen LogP contribution in [0.2, 0.25) is 0 Å². The number of piperidine rings is 1. The first-order valence-corrected chi connectivity index (χ1v) is 11.9. The number of carbonyl (C=O) groups is 2. The maximum atomic E-state index is 13.8. The summed E-state index contributed by atoms with van der Waals surface area (Å²) < 4.78 is 7.19. The number of amides is 2. The second-order valence-electron chi connectivity index (χ2n) is 9.33. The lowest BCUT2D eigenvalue weighted by atomic mass is 9.92. The van der Waals surface area contributed by atoms with Crippen molar-refractivity contribution in [3.63, 3.8) is 0 Å². The summed E-state index contributed by atoms with van der Waals surface area (Å²) in [5.41, 5.74) is 1.57. The number of nitrogens with one attached hydrogen (secondary N) is 1. The lowest BCUT2D eigenvalue weighted by Gasteiger charge is -2.40. The van der Waals surface area contributed by atoms with Crippen molar-refractivity contribution >= 4 is 22.8 Å². The van der Waals surface area contributed by atoms with E-state index in [2.05, 4.69) is 24.1 Å². The lowest BCUT2D eigenvalue weighted by molar-refractivity contribution is -0.140. The minimum atomic E-state index is -0.166. The third-order valence-electron chi connectivity index (χ3n) is 6.43. The van der Waals surface area contributed by atoms with Crippen LogP contribution in [0.1, 0.15) is 38.3 Å². The molecule has 2 aliphatic heterocycles. The van der Waals surface area contributed by atoms with Crippen LogP contribution in [0.25, 0.3) is 11.0 Å². The minimum absolute atomic E-state index is 0. The summed E-state index contributed by atoms with van der Waals surface area (Å²) >= 11 is 0. The summed E-state index contributed by atoms with van der Waals surface area (Å²) in [5, 5.41) is 13.0. The number of aliphatic hydroxyl groups is 1. The number of rotatable bonds is 7. The zero-order valence-corrected chi connectivity index (χ0v) is 19.6. The summed E-state index contributed by atoms with van der Waals surface area (Å²) in [4.78, 5) is 35.4. The molecule has 0 unspecified atom stereocenters. The molecule has 2 saturated heterocycles. The molecule has 2 N–H and O–H groups in total. The van der Waals surface area contributed by atoms with Crippen molar-refractivity contribution in [2.75, 3.05) is 52.5 Å². The van der Waals surface area contributed by atoms with Gasteiger partial charge < -0.3 is 29.5 Å². The van der Waals surface area contributed by atoms with Crippen molar-refractivity contribution in [3.05, 3.63) is 30.1 Å². The molecular formula is C25H39N5O4. The van der Waals surface area contributed by atoms with Gasteiger partial charge in [-0.05, 0) is 24.5 Å². The topological polar surface area (TPSA) is 99.9 Å². The van der Waals surface area contributed by atoms with Crippen molar-refractivity contribution in [2.24, 2.45) is 11.8 Å². The summed E-state index contributed by atoms with van der Waals surface area (Å²) in [6.45, 7) is 8.65. The van der Waals surface area contributed by atoms with Crippen LogP contribution in [0.4, 0.5) is 0 Å². The van der Waals surface area contributed by atoms with Crippen molar-refractivity contribution in [3.8, 4) is 0 Å². The van der Waals surface area contributed by atoms with Crippen molar-refractivity contribution in [1.82, 2.24) is 24.7 Å². The molecule has 3 heterocycles. The highest BCUT2D eigenvalue weighted by atomic mass is 16.5. The molecule has 2 atom stereocenters. The van der Waals surface area contributed by atoms with Gasteiger partial charge in [-0.1, -0.05) is 33.4 Å². The number of morpholine rings is 1. The molecule has 0 spiro atoms. The van der Waals surface area contributed by atoms with E-state index in [1.54, 1.807) is 4.57 Å². The number of ether oxygens (including phenoxy) is 1. The first kappa shape index (κ1) is 26.1. The van der Waals surface area contributed by atoms with Gasteiger partial charge in [0.1, 0.15) is 0 Å². The van der Waals surface area contributed by atoms with Crippen LogP contribution in [-0.2, 0) is 16.1 Å². The highest BCUT2D eigenvalue weighted by Gasteiger charge is 2.36. The van der Waals surface area contributed by atoms with E-state index in [-0.39, 0.29) is 43.7 Å². The van der Waals surface area contributed by atoms with E-state index in [0.717, 1.165) is 11.0 Å². The van der Waals surface area contributed by atoms with Crippen molar-refractivity contribution < 1.29 is 19.4 Å². The first-order chi connectivity index (χ1) is 16.0. The van der Waals surface area contributed by atoms with Crippen LogP contribution in [0.5, 0.6) is 0 Å². The van der Waals surface area contributed by atoms with Crippen LogP contribution >= 0.6 is 0 Å². The fraction of sp³-hybridized carbons (Fsp3) is 0.640. The maximum absolute atomic E-state index is 13.8. The van der Waals surface area contributed by atoms with Crippen LogP contribution in [0.15, 0.2) is 24.3 Å². The molecular weight excluding hydrogens is 434 g/mol. The molecule has 1 aromatic carbocycles. The Morgan fingerprint density at radius 2 is 1.97 bits per heavy atom. The Balaban J connectivity index is 0.00000324. The van der Waals surface area contributed by atoms with Gasteiger partial charge in [-0.2, -0.15) is 0 Å². The average Bonchev–Trinajstić information content (AvgIpc) is 3.21. The Morgan fingerprint density at radius 3 is 2.68 bits per heavy atom. The molecule has 4 rings (SSSR count). The average molecular weight is 474 g/mol. The van der Waals surface area contributed by atoms with Gasteiger partial charge in [0, 0.05) is 45.3 Å². The quantitative estimate of drug-likeness (QED) is 0.634. The Hall–Kier alpha value is -2.49. The number of aromatic nitrogens is 2. The van der Waals surface area contributed by atoms with E-state index in [0.29, 0.717) is 64.7 Å². The number of fused-ring (bicyclic) bond motifs is 1. The summed E-state index contributed by atoms with van der Waals surface area (Å²) in [6, 6.07) is 7.49. The Bertz CT molecular complexity index is 969. The fourth-order valence-corrected chi connectivity index (χ4v) is 4.87. The molecule has 2 aliphatic rings. The SMILES string of the molecule is C.CC(C)CN(C(=O)c1nc2ccccc2n1CCO)[C@@H]1CNC[C@H](C(=O)N2CCOCC2)C1. The van der Waals surface area contributed by atoms with Crippen LogP contribution < -0.4 is 5.32 Å². The van der Waals surface area contributed by atoms with Gasteiger partial charge >= 0.3 is 0 Å². The third kappa shape index (κ3) is 5.59. The summed E-state index contributed by atoms with van der Waals surface area (Å²) in [7, 11) is 0. The molecule has 0 saturated carbocycles. The van der Waals surface area contributed by atoms with E-state index in [4.69, 9.17) is 4.74 Å². The zero-order valence-electron chi connectivity index (χ0n) is 19.6. The molecule has 188 valence electrons. The predicted molar refractivity (Wildman–Crippen MR) is 132 cm³/mol. The molecule has 9 heteroatoms. The van der Waals surface area contributed by atoms with Crippen LogP contribution in [0, 0.1) is 11.8 Å². The van der Waals surface area contributed by atoms with E-state index < -0.39 is 0 Å². The van der Waals surface area contributed by atoms with Gasteiger partial charge in [-0.3, -0.25) is 9.59 Å². The minimum Gasteiger partial charge on any atom is -0.395 e. The zero-order chi connectivity index (χ0) is 23.4. The molecule has 0 radical (unpaired) electrons. The van der Waals surface area contributed by atoms with Crippen LogP contribution in [-0.4, -0.2) is 94.9 Å². The predicted octanol–water partition coefficient (Wildman–Crippen LogP) is 1.60. The standard InChI is InChI=1S/C24H35N5O4.CH4/c1-17(2)16-29(19-13-18(14-25-15-19)23(31)27-8-11-33-12-9-27)24(32)22-26-20-5-3-4-6-21(20)28(22)7-10-30;/h3-6,17-19,25,30H,7-16H2,1-2H3;1H4/t18-,19+;/m1./s1. The van der Waals surface area contributed by atoms with E-state index in [9.17, 15) is 14.7 Å². The lowest BCUT2D eigenvalue weighted by Crippen LogP contribution is -2.56. The highest BCUT2D eigenvalue weighted by molar-refractivity contribution is 5.95. The van der Waals surface area contributed by atoms with Gasteiger partial charge in [-0.15, -0.1) is 0 Å². The smallest absolute Gasteiger partial charge is 0.290 e. The fourth-order valence-electron chi connectivity index (χ4n) is 4.87. The summed E-state index contributed by atoms with van der Waals surface area (Å²) in [6.07, 6.45) is 0.627. The molecule has 34 heavy (non-hydrogen) atoms. The molecule has 2 aromatic rings. The Morgan fingerprint density at radius 1 is 1.24 bits per heavy atom. The number of benzene rings is 1. The number of para-hydroxylation sites is 2. The Labute approximate surface area is 202 Å². The number of aliphatic hydroxyl groups excluding tert-OH is 1. The largest absolute Gasteiger partial charge is 0.395 e. The van der Waals surface area contributed by atoms with E-state index in [1.807, 2.05) is 34.1 Å². The highest BCUT2D eigenvalue weighted by Crippen LogP contribution is 2.24. The third-order valence-corrected chi connectivity index (χ3v) is 6.43. The van der Waals surface area contributed by atoms with Crippen molar-refractivity contribution in [1.29, 1.82) is 0 Å². The molecule has 2 amide bonds. The second kappa shape index (κ2) is 11.8. The first-order valence-electron chi connectivity index (χ1n) is 11.9. The number of nitrogens with zero attached hydrogens (tertiary/aromatic N) is 4. The molecule has 9 nitrogen and oxygen atoms in total. The number of hydrogen-bond acceptors (Lipinski definition) is 6. The Kier molecular flexibility index (Phi) is 9.04. The summed E-state index contributed by atoms with van der Waals surface area (Å²) in [5.74, 6) is 0.424. The molecule has 2 fully saturated rings. The maximum Gasteiger partial charge on any atom is 0.290 e. The van der Waals surface area contributed by atoms with Gasteiger partial charge in [0.2, 0.25) is 5.91 Å². The number of hydrogen-bond donors (Lipinski definition) is 2. The monoisotopic (exact) mass is 473 g/mol. The van der Waals surface area contributed by atoms with Crippen molar-refractivity contribution in [2.45, 2.75) is 40.3 Å². The van der Waals surface area contributed by atoms with E-state index >= 15 is 0 Å². The van der Waals surface area contributed by atoms with Gasteiger partial charge in [0.05, 0.1) is 36.8 Å². The van der Waals surface area contributed by atoms with Gasteiger partial charge in [0.25, 0.3) is 5.91 Å². The van der Waals surface area contributed by atoms with Gasteiger partial charge in [-0.25, -0.2) is 4.98 Å². The molecule has 1 aromatic heterocycles. The van der Waals surface area contributed by atoms with Crippen LogP contribution in [0.3, 0.4) is 0 Å². The second-order valence-corrected chi connectivity index (χ2v) is 9.33.